The Bertz CT molecular complexity index is 404. The topological polar surface area (TPSA) is 49.8 Å². The summed E-state index contributed by atoms with van der Waals surface area (Å²) < 4.78 is 5.56. The van der Waals surface area contributed by atoms with E-state index in [0.717, 1.165) is 25.8 Å². The van der Waals surface area contributed by atoms with Crippen LogP contribution in [0.2, 0.25) is 0 Å². The van der Waals surface area contributed by atoms with Crippen LogP contribution in [0, 0.1) is 17.3 Å². The highest BCUT2D eigenvalue weighted by Crippen LogP contribution is 2.38. The van der Waals surface area contributed by atoms with Gasteiger partial charge >= 0.3 is 6.09 Å². The molecule has 1 heterocycles. The number of aliphatic hydroxyl groups excluding tert-OH is 1. The van der Waals surface area contributed by atoms with Crippen molar-refractivity contribution in [3.8, 4) is 0 Å². The number of aliphatic hydroxyl groups is 1. The number of amides is 1. The largest absolute Gasteiger partial charge is 0.444 e. The number of nitrogens with zero attached hydrogens (tertiary/aromatic N) is 1. The lowest BCUT2D eigenvalue weighted by molar-refractivity contribution is 0.0129. The van der Waals surface area contributed by atoms with Gasteiger partial charge in [-0.05, 0) is 71.1 Å². The molecule has 1 aliphatic rings. The first-order valence-corrected chi connectivity index (χ1v) is 8.85. The van der Waals surface area contributed by atoms with Gasteiger partial charge in [-0.1, -0.05) is 20.8 Å². The minimum Gasteiger partial charge on any atom is -0.444 e. The molecular formula is C19H37NO3. The molecule has 23 heavy (non-hydrogen) atoms. The van der Waals surface area contributed by atoms with Crippen LogP contribution in [0.4, 0.5) is 4.79 Å². The minimum atomic E-state index is -0.467. The van der Waals surface area contributed by atoms with E-state index in [1.54, 1.807) is 0 Å². The number of hydrogen-bond donors (Lipinski definition) is 1. The monoisotopic (exact) mass is 327 g/mol. The highest BCUT2D eigenvalue weighted by Gasteiger charge is 2.43. The summed E-state index contributed by atoms with van der Waals surface area (Å²) in [5.74, 6) is 0.728. The van der Waals surface area contributed by atoms with Crippen molar-refractivity contribution in [3.63, 3.8) is 0 Å². The van der Waals surface area contributed by atoms with E-state index in [1.165, 1.54) is 0 Å². The van der Waals surface area contributed by atoms with Crippen molar-refractivity contribution >= 4 is 6.09 Å². The third kappa shape index (κ3) is 6.70. The molecule has 1 amide bonds. The second-order valence-electron chi connectivity index (χ2n) is 10.0. The molecule has 0 radical (unpaired) electrons. The molecule has 0 aliphatic carbocycles. The zero-order valence-electron chi connectivity index (χ0n) is 16.4. The number of carbonyl (C=O) groups is 1. The summed E-state index contributed by atoms with van der Waals surface area (Å²) >= 11 is 0. The summed E-state index contributed by atoms with van der Waals surface area (Å²) in [6.07, 6.45) is 2.72. The van der Waals surface area contributed by atoms with Gasteiger partial charge in [0.15, 0.2) is 0 Å². The fourth-order valence-electron chi connectivity index (χ4n) is 3.74. The van der Waals surface area contributed by atoms with Gasteiger partial charge in [0.1, 0.15) is 5.60 Å². The van der Waals surface area contributed by atoms with Crippen LogP contribution in [-0.2, 0) is 4.74 Å². The quantitative estimate of drug-likeness (QED) is 0.829. The van der Waals surface area contributed by atoms with E-state index < -0.39 is 5.60 Å². The maximum Gasteiger partial charge on any atom is 0.410 e. The third-order valence-electron chi connectivity index (χ3n) is 4.40. The van der Waals surface area contributed by atoms with Crippen molar-refractivity contribution < 1.29 is 14.6 Å². The van der Waals surface area contributed by atoms with Gasteiger partial charge in [0, 0.05) is 18.7 Å². The van der Waals surface area contributed by atoms with Gasteiger partial charge in [-0.3, -0.25) is 0 Å². The number of ether oxygens (including phenoxy) is 1. The normalized spacial score (nSPS) is 23.0. The van der Waals surface area contributed by atoms with Crippen LogP contribution < -0.4 is 0 Å². The highest BCUT2D eigenvalue weighted by atomic mass is 16.6. The lowest BCUT2D eigenvalue weighted by Gasteiger charge is -2.33. The molecule has 1 fully saturated rings. The molecule has 136 valence electrons. The van der Waals surface area contributed by atoms with Gasteiger partial charge in [0.05, 0.1) is 0 Å². The van der Waals surface area contributed by atoms with Crippen molar-refractivity contribution in [2.75, 3.05) is 13.2 Å². The van der Waals surface area contributed by atoms with Crippen molar-refractivity contribution in [3.05, 3.63) is 0 Å². The van der Waals surface area contributed by atoms with Crippen molar-refractivity contribution in [1.29, 1.82) is 0 Å². The predicted molar refractivity (Wildman–Crippen MR) is 94.4 cm³/mol. The molecule has 1 rings (SSSR count). The maximum absolute atomic E-state index is 12.5. The Balaban J connectivity index is 2.70. The first-order chi connectivity index (χ1) is 10.2. The van der Waals surface area contributed by atoms with E-state index in [9.17, 15) is 9.90 Å². The molecular weight excluding hydrogens is 290 g/mol. The second kappa shape index (κ2) is 7.00. The van der Waals surface area contributed by atoms with Crippen LogP contribution in [0.1, 0.15) is 74.7 Å². The first-order valence-electron chi connectivity index (χ1n) is 8.85. The smallest absolute Gasteiger partial charge is 0.410 e. The summed E-state index contributed by atoms with van der Waals surface area (Å²) in [5.41, 5.74) is -0.438. The van der Waals surface area contributed by atoms with Crippen LogP contribution in [0.3, 0.4) is 0 Å². The molecule has 0 aromatic carbocycles. The van der Waals surface area contributed by atoms with Crippen LogP contribution in [0.25, 0.3) is 0 Å². The van der Waals surface area contributed by atoms with E-state index in [2.05, 4.69) is 34.6 Å². The van der Waals surface area contributed by atoms with E-state index in [-0.39, 0.29) is 23.7 Å². The summed E-state index contributed by atoms with van der Waals surface area (Å²) in [4.78, 5) is 14.3. The molecule has 1 aliphatic heterocycles. The van der Waals surface area contributed by atoms with Gasteiger partial charge in [-0.25, -0.2) is 4.79 Å². The summed E-state index contributed by atoms with van der Waals surface area (Å²) in [7, 11) is 0. The molecule has 0 bridgehead atoms. The number of carbonyl (C=O) groups excluding carboxylic acids is 1. The maximum atomic E-state index is 12.5. The van der Waals surface area contributed by atoms with Crippen molar-refractivity contribution in [1.82, 2.24) is 4.90 Å². The Morgan fingerprint density at radius 3 is 2.26 bits per heavy atom. The summed E-state index contributed by atoms with van der Waals surface area (Å²) in [5, 5.41) is 9.70. The summed E-state index contributed by atoms with van der Waals surface area (Å²) in [6, 6.07) is 0. The van der Waals surface area contributed by atoms with E-state index >= 15 is 0 Å². The first kappa shape index (κ1) is 20.3. The molecule has 4 nitrogen and oxygen atoms in total. The SMILES string of the molecule is CC(C)(C)CC(CO)CC1CN(C(=O)OC(C)(C)C)C(C)(C)C1. The molecule has 1 N–H and O–H groups in total. The van der Waals surface area contributed by atoms with Crippen LogP contribution in [0.15, 0.2) is 0 Å². The Morgan fingerprint density at radius 2 is 1.83 bits per heavy atom. The molecule has 2 atom stereocenters. The lowest BCUT2D eigenvalue weighted by Crippen LogP contribution is -2.45. The van der Waals surface area contributed by atoms with Crippen molar-refractivity contribution in [2.45, 2.75) is 85.8 Å². The van der Waals surface area contributed by atoms with Crippen LogP contribution >= 0.6 is 0 Å². The molecule has 1 saturated heterocycles. The predicted octanol–water partition coefficient (Wildman–Crippen LogP) is 4.46. The highest BCUT2D eigenvalue weighted by molar-refractivity contribution is 5.69. The van der Waals surface area contributed by atoms with E-state index in [1.807, 2.05) is 25.7 Å². The van der Waals surface area contributed by atoms with Gasteiger partial charge in [-0.2, -0.15) is 0 Å². The fourth-order valence-corrected chi connectivity index (χ4v) is 3.74. The number of likely N-dealkylation sites (tertiary alicyclic amines) is 1. The van der Waals surface area contributed by atoms with Gasteiger partial charge in [0.25, 0.3) is 0 Å². The molecule has 0 spiro atoms. The Labute approximate surface area is 142 Å². The van der Waals surface area contributed by atoms with Gasteiger partial charge in [-0.15, -0.1) is 0 Å². The Kier molecular flexibility index (Phi) is 6.17. The standard InChI is InChI=1S/C19H37NO3/c1-17(2,3)10-15(13-21)9-14-11-19(7,8)20(12-14)16(22)23-18(4,5)6/h14-15,21H,9-13H2,1-8H3. The Hall–Kier alpha value is -0.770. The molecule has 0 aromatic heterocycles. The van der Waals surface area contributed by atoms with Crippen LogP contribution in [0.5, 0.6) is 0 Å². The van der Waals surface area contributed by atoms with E-state index in [0.29, 0.717) is 11.8 Å². The van der Waals surface area contributed by atoms with Gasteiger partial charge < -0.3 is 14.7 Å². The average molecular weight is 328 g/mol. The van der Waals surface area contributed by atoms with Crippen molar-refractivity contribution in [2.24, 2.45) is 17.3 Å². The Morgan fingerprint density at radius 1 is 1.26 bits per heavy atom. The van der Waals surface area contributed by atoms with Crippen LogP contribution in [-0.4, -0.2) is 40.4 Å². The zero-order chi connectivity index (χ0) is 18.1. The number of hydrogen-bond acceptors (Lipinski definition) is 3. The third-order valence-corrected chi connectivity index (χ3v) is 4.40. The molecule has 2 unspecified atom stereocenters. The average Bonchev–Trinajstić information content (AvgIpc) is 2.59. The minimum absolute atomic E-state index is 0.186. The molecule has 0 saturated carbocycles. The zero-order valence-corrected chi connectivity index (χ0v) is 16.4. The fraction of sp³-hybridized carbons (Fsp3) is 0.947. The summed E-state index contributed by atoms with van der Waals surface area (Å²) in [6.45, 7) is 17.5. The van der Waals surface area contributed by atoms with E-state index in [4.69, 9.17) is 4.74 Å². The second-order valence-corrected chi connectivity index (χ2v) is 10.0. The van der Waals surface area contributed by atoms with Gasteiger partial charge in [0.2, 0.25) is 0 Å². The molecule has 4 heteroatoms. The molecule has 0 aromatic rings. The number of rotatable bonds is 4. The lowest BCUT2D eigenvalue weighted by atomic mass is 9.80.